The van der Waals surface area contributed by atoms with Gasteiger partial charge in [0.25, 0.3) is 0 Å². The SMILES string of the molecule is OC[C@H]1O[C@@H](O[C@@H]2[C@@H](CO)OC(CO)(NCc3ccccc3)[C@H]2O)[C@H](O)[C@@H](O)[C@H]1O. The minimum Gasteiger partial charge on any atom is -0.394 e. The minimum atomic E-state index is -1.68. The molecule has 0 bridgehead atoms. The second-order valence-electron chi connectivity index (χ2n) is 7.47. The molecule has 1 unspecified atom stereocenters. The molecule has 0 saturated carbocycles. The van der Waals surface area contributed by atoms with E-state index in [0.29, 0.717) is 0 Å². The standard InChI is InChI=1S/C19H29NO10/c21-7-11-13(24)14(25)15(26)18(28-11)29-16-12(8-22)30-19(9-23,17(16)27)20-6-10-4-2-1-3-5-10/h1-5,11-18,20-27H,6-9H2/t11-,12-,13+,14+,15-,16-,17+,18+,19?/m1/s1. The lowest BCUT2D eigenvalue weighted by molar-refractivity contribution is -0.318. The zero-order chi connectivity index (χ0) is 21.9. The third-order valence-corrected chi connectivity index (χ3v) is 5.51. The van der Waals surface area contributed by atoms with Crippen LogP contribution in [-0.2, 0) is 20.8 Å². The number of nitrogens with one attached hydrogen (secondary N) is 1. The van der Waals surface area contributed by atoms with Crippen molar-refractivity contribution in [1.29, 1.82) is 0 Å². The van der Waals surface area contributed by atoms with Crippen molar-refractivity contribution in [3.8, 4) is 0 Å². The van der Waals surface area contributed by atoms with Crippen LogP contribution in [0.5, 0.6) is 0 Å². The summed E-state index contributed by atoms with van der Waals surface area (Å²) in [6.07, 6.45) is -11.5. The summed E-state index contributed by atoms with van der Waals surface area (Å²) >= 11 is 0. The van der Waals surface area contributed by atoms with E-state index >= 15 is 0 Å². The molecule has 1 aromatic rings. The molecule has 0 radical (unpaired) electrons. The summed E-state index contributed by atoms with van der Waals surface area (Å²) in [5.41, 5.74) is -0.804. The van der Waals surface area contributed by atoms with Gasteiger partial charge in [-0.15, -0.1) is 0 Å². The highest BCUT2D eigenvalue weighted by molar-refractivity contribution is 5.15. The van der Waals surface area contributed by atoms with Gasteiger partial charge in [0, 0.05) is 6.54 Å². The van der Waals surface area contributed by atoms with Gasteiger partial charge in [-0.1, -0.05) is 30.3 Å². The number of rotatable bonds is 8. The van der Waals surface area contributed by atoms with Gasteiger partial charge in [0.1, 0.15) is 42.7 Å². The number of ether oxygens (including phenoxy) is 3. The predicted octanol–water partition coefficient (Wildman–Crippen LogP) is -3.60. The first-order chi connectivity index (χ1) is 14.4. The van der Waals surface area contributed by atoms with Crippen molar-refractivity contribution < 1.29 is 50.0 Å². The highest BCUT2D eigenvalue weighted by Crippen LogP contribution is 2.34. The lowest BCUT2D eigenvalue weighted by Crippen LogP contribution is -2.61. The van der Waals surface area contributed by atoms with Crippen molar-refractivity contribution in [2.24, 2.45) is 0 Å². The highest BCUT2D eigenvalue weighted by atomic mass is 16.7. The lowest BCUT2D eigenvalue weighted by Gasteiger charge is -2.41. The Labute approximate surface area is 173 Å². The van der Waals surface area contributed by atoms with Crippen LogP contribution in [-0.4, -0.2) is 110 Å². The van der Waals surface area contributed by atoms with Crippen molar-refractivity contribution in [2.75, 3.05) is 19.8 Å². The van der Waals surface area contributed by atoms with Crippen LogP contribution in [0.2, 0.25) is 0 Å². The van der Waals surface area contributed by atoms with Crippen LogP contribution in [0.1, 0.15) is 5.56 Å². The summed E-state index contributed by atoms with van der Waals surface area (Å²) in [5.74, 6) is 0. The molecule has 0 amide bonds. The maximum atomic E-state index is 10.9. The summed E-state index contributed by atoms with van der Waals surface area (Å²) in [5, 5.41) is 72.7. The molecule has 170 valence electrons. The number of hydrogen-bond donors (Lipinski definition) is 8. The Hall–Kier alpha value is -1.22. The number of hydrogen-bond acceptors (Lipinski definition) is 11. The fraction of sp³-hybridized carbons (Fsp3) is 0.684. The van der Waals surface area contributed by atoms with Gasteiger partial charge in [0.15, 0.2) is 12.0 Å². The number of aliphatic hydroxyl groups excluding tert-OH is 7. The van der Waals surface area contributed by atoms with Gasteiger partial charge < -0.3 is 50.0 Å². The molecule has 0 aromatic heterocycles. The van der Waals surface area contributed by atoms with E-state index in [1.54, 1.807) is 0 Å². The van der Waals surface area contributed by atoms with Gasteiger partial charge in [0.05, 0.1) is 19.8 Å². The van der Waals surface area contributed by atoms with Crippen molar-refractivity contribution in [3.05, 3.63) is 35.9 Å². The van der Waals surface area contributed by atoms with Gasteiger partial charge in [-0.05, 0) is 5.56 Å². The molecule has 11 nitrogen and oxygen atoms in total. The molecule has 2 heterocycles. The van der Waals surface area contributed by atoms with Crippen molar-refractivity contribution >= 4 is 0 Å². The van der Waals surface area contributed by atoms with Crippen molar-refractivity contribution in [1.82, 2.24) is 5.32 Å². The smallest absolute Gasteiger partial charge is 0.187 e. The molecular weight excluding hydrogens is 402 g/mol. The summed E-state index contributed by atoms with van der Waals surface area (Å²) < 4.78 is 16.6. The topological polar surface area (TPSA) is 181 Å². The monoisotopic (exact) mass is 431 g/mol. The Kier molecular flexibility index (Phi) is 7.76. The van der Waals surface area contributed by atoms with Crippen LogP contribution in [0.25, 0.3) is 0 Å². The highest BCUT2D eigenvalue weighted by Gasteiger charge is 2.57. The van der Waals surface area contributed by atoms with Crippen LogP contribution >= 0.6 is 0 Å². The first kappa shape index (κ1) is 23.4. The maximum Gasteiger partial charge on any atom is 0.187 e. The Morgan fingerprint density at radius 1 is 0.900 bits per heavy atom. The lowest BCUT2D eigenvalue weighted by atomic mass is 9.98. The summed E-state index contributed by atoms with van der Waals surface area (Å²) in [7, 11) is 0. The number of aliphatic hydroxyl groups is 7. The van der Waals surface area contributed by atoms with Crippen LogP contribution in [0.4, 0.5) is 0 Å². The van der Waals surface area contributed by atoms with Gasteiger partial charge in [-0.2, -0.15) is 0 Å². The van der Waals surface area contributed by atoms with Gasteiger partial charge >= 0.3 is 0 Å². The summed E-state index contributed by atoms with van der Waals surface area (Å²) in [6.45, 7) is -1.62. The first-order valence-corrected chi connectivity index (χ1v) is 9.69. The Balaban J connectivity index is 1.74. The third-order valence-electron chi connectivity index (χ3n) is 5.51. The zero-order valence-electron chi connectivity index (χ0n) is 16.2. The molecule has 30 heavy (non-hydrogen) atoms. The molecule has 9 atom stereocenters. The minimum absolute atomic E-state index is 0.239. The van der Waals surface area contributed by atoms with E-state index in [1.807, 2.05) is 30.3 Å². The molecule has 0 aliphatic carbocycles. The fourth-order valence-corrected chi connectivity index (χ4v) is 3.69. The molecule has 8 N–H and O–H groups in total. The normalized spacial score (nSPS) is 41.8. The van der Waals surface area contributed by atoms with E-state index < -0.39 is 74.6 Å². The van der Waals surface area contributed by atoms with E-state index in [1.165, 1.54) is 0 Å². The molecule has 2 aliphatic rings. The average molecular weight is 431 g/mol. The van der Waals surface area contributed by atoms with Gasteiger partial charge in [-0.25, -0.2) is 0 Å². The average Bonchev–Trinajstić information content (AvgIpc) is 3.04. The van der Waals surface area contributed by atoms with E-state index in [-0.39, 0.29) is 6.54 Å². The summed E-state index contributed by atoms with van der Waals surface area (Å²) in [4.78, 5) is 0. The van der Waals surface area contributed by atoms with E-state index in [0.717, 1.165) is 5.56 Å². The number of benzene rings is 1. The van der Waals surface area contributed by atoms with Crippen LogP contribution in [0, 0.1) is 0 Å². The quantitative estimate of drug-likeness (QED) is 0.204. The van der Waals surface area contributed by atoms with Crippen molar-refractivity contribution in [3.63, 3.8) is 0 Å². The largest absolute Gasteiger partial charge is 0.394 e. The zero-order valence-corrected chi connectivity index (χ0v) is 16.2. The van der Waals surface area contributed by atoms with Crippen LogP contribution in [0.3, 0.4) is 0 Å². The Morgan fingerprint density at radius 2 is 1.57 bits per heavy atom. The fourth-order valence-electron chi connectivity index (χ4n) is 3.69. The Morgan fingerprint density at radius 3 is 2.17 bits per heavy atom. The molecular formula is C19H29NO10. The molecule has 2 fully saturated rings. The third kappa shape index (κ3) is 4.52. The molecule has 1 aromatic carbocycles. The van der Waals surface area contributed by atoms with Crippen LogP contribution < -0.4 is 5.32 Å². The molecule has 0 spiro atoms. The molecule has 3 rings (SSSR count). The van der Waals surface area contributed by atoms with Crippen LogP contribution in [0.15, 0.2) is 30.3 Å². The predicted molar refractivity (Wildman–Crippen MR) is 99.7 cm³/mol. The van der Waals surface area contributed by atoms with Crippen molar-refractivity contribution in [2.45, 2.75) is 61.3 Å². The molecule has 2 aliphatic heterocycles. The van der Waals surface area contributed by atoms with E-state index in [9.17, 15) is 35.7 Å². The second-order valence-corrected chi connectivity index (χ2v) is 7.47. The first-order valence-electron chi connectivity index (χ1n) is 9.69. The van der Waals surface area contributed by atoms with E-state index in [4.69, 9.17) is 14.2 Å². The molecule has 2 saturated heterocycles. The van der Waals surface area contributed by atoms with Gasteiger partial charge in [-0.3, -0.25) is 5.32 Å². The van der Waals surface area contributed by atoms with Gasteiger partial charge in [0.2, 0.25) is 0 Å². The Bertz CT molecular complexity index is 664. The molecule has 11 heteroatoms. The second kappa shape index (κ2) is 9.94. The summed E-state index contributed by atoms with van der Waals surface area (Å²) in [6, 6.07) is 9.18. The maximum absolute atomic E-state index is 10.9. The van der Waals surface area contributed by atoms with E-state index in [2.05, 4.69) is 5.32 Å².